The van der Waals surface area contributed by atoms with Crippen LogP contribution in [-0.4, -0.2) is 36.5 Å². The maximum Gasteiger partial charge on any atom is 0.405 e. The van der Waals surface area contributed by atoms with E-state index >= 15 is 0 Å². The van der Waals surface area contributed by atoms with Gasteiger partial charge in [-0.15, -0.1) is 0 Å². The van der Waals surface area contributed by atoms with E-state index in [0.29, 0.717) is 30.4 Å². The zero-order chi connectivity index (χ0) is 24.6. The molecule has 0 aromatic heterocycles. The van der Waals surface area contributed by atoms with Gasteiger partial charge in [0.05, 0.1) is 12.7 Å². The molecular formula is C22H18Cl2F3NO5. The molecule has 1 unspecified atom stereocenters. The van der Waals surface area contributed by atoms with E-state index in [2.05, 4.69) is 0 Å². The number of hydrogen-bond donors (Lipinski definition) is 0. The van der Waals surface area contributed by atoms with Gasteiger partial charge < -0.3 is 4.74 Å². The molecule has 0 saturated carbocycles. The molecule has 0 fully saturated rings. The number of fused-ring (bicyclic) bond motifs is 1. The van der Waals surface area contributed by atoms with Gasteiger partial charge in [0.25, 0.3) is 0 Å². The van der Waals surface area contributed by atoms with Gasteiger partial charge in [-0.3, -0.25) is 14.9 Å². The molecule has 11 heteroatoms. The largest absolute Gasteiger partial charge is 0.465 e. The molecule has 0 N–H and O–H groups in total. The lowest BCUT2D eigenvalue weighted by Gasteiger charge is -2.32. The summed E-state index contributed by atoms with van der Waals surface area (Å²) in [5.74, 6) is -1.54. The molecule has 0 heterocycles. The molecule has 3 rings (SSSR count). The van der Waals surface area contributed by atoms with Crippen molar-refractivity contribution in [2.75, 3.05) is 13.7 Å². The molecule has 0 amide bonds. The Kier molecular flexibility index (Phi) is 7.04. The maximum absolute atomic E-state index is 14.4. The van der Waals surface area contributed by atoms with Crippen molar-refractivity contribution < 1.29 is 32.4 Å². The van der Waals surface area contributed by atoms with Gasteiger partial charge in [-0.25, -0.2) is 4.79 Å². The molecule has 1 atom stereocenters. The SMILES string of the molecule is COC(=O)c1ccc(C(=O)CC(C[N+](=O)[O-])(c2cc(Cl)cc(Cl)c2)C(F)(F)F)c2c1CCC2. The summed E-state index contributed by atoms with van der Waals surface area (Å²) in [4.78, 5) is 35.5. The predicted molar refractivity (Wildman–Crippen MR) is 115 cm³/mol. The Balaban J connectivity index is 2.15. The third-order valence-electron chi connectivity index (χ3n) is 5.81. The second-order valence-corrected chi connectivity index (χ2v) is 8.66. The average molecular weight is 504 g/mol. The number of carbonyl (C=O) groups excluding carboxylic acids is 2. The minimum atomic E-state index is -5.17. The molecule has 0 aliphatic heterocycles. The van der Waals surface area contributed by atoms with E-state index in [1.165, 1.54) is 25.3 Å². The van der Waals surface area contributed by atoms with Crippen LogP contribution in [0.5, 0.6) is 0 Å². The number of carbonyl (C=O) groups is 2. The van der Waals surface area contributed by atoms with Crippen molar-refractivity contribution >= 4 is 35.0 Å². The fourth-order valence-electron chi connectivity index (χ4n) is 4.29. The molecule has 1 aliphatic rings. The Hall–Kier alpha value is -2.65. The zero-order valence-electron chi connectivity index (χ0n) is 17.3. The number of ether oxygens (including phenoxy) is 1. The van der Waals surface area contributed by atoms with Gasteiger partial charge in [-0.05, 0) is 60.2 Å². The Bertz CT molecular complexity index is 1120. The van der Waals surface area contributed by atoms with Crippen LogP contribution in [0.4, 0.5) is 13.2 Å². The highest BCUT2D eigenvalue weighted by Gasteiger charge is 2.61. The summed E-state index contributed by atoms with van der Waals surface area (Å²) in [6.07, 6.45) is -4.94. The van der Waals surface area contributed by atoms with Crippen molar-refractivity contribution in [2.24, 2.45) is 0 Å². The molecule has 2 aromatic rings. The fraction of sp³-hybridized carbons (Fsp3) is 0.364. The molecule has 176 valence electrons. The fourth-order valence-corrected chi connectivity index (χ4v) is 4.82. The number of benzene rings is 2. The van der Waals surface area contributed by atoms with E-state index in [-0.39, 0.29) is 21.2 Å². The van der Waals surface area contributed by atoms with Crippen molar-refractivity contribution in [3.63, 3.8) is 0 Å². The van der Waals surface area contributed by atoms with Gasteiger partial charge in [0.15, 0.2) is 11.2 Å². The number of halogens is 5. The minimum absolute atomic E-state index is 0.000232. The van der Waals surface area contributed by atoms with Gasteiger partial charge in [-0.1, -0.05) is 29.3 Å². The monoisotopic (exact) mass is 503 g/mol. The van der Waals surface area contributed by atoms with E-state index in [4.69, 9.17) is 27.9 Å². The lowest BCUT2D eigenvalue weighted by Crippen LogP contribution is -2.49. The Labute approximate surface area is 196 Å². The summed E-state index contributed by atoms with van der Waals surface area (Å²) < 4.78 is 48.1. The smallest absolute Gasteiger partial charge is 0.405 e. The molecular weight excluding hydrogens is 486 g/mol. The van der Waals surface area contributed by atoms with E-state index in [9.17, 15) is 32.9 Å². The number of hydrogen-bond acceptors (Lipinski definition) is 5. The van der Waals surface area contributed by atoms with Crippen LogP contribution in [0.1, 0.15) is 50.2 Å². The van der Waals surface area contributed by atoms with Gasteiger partial charge >= 0.3 is 12.1 Å². The average Bonchev–Trinajstić information content (AvgIpc) is 3.19. The first-order chi connectivity index (χ1) is 15.4. The lowest BCUT2D eigenvalue weighted by molar-refractivity contribution is -0.501. The first-order valence-corrected chi connectivity index (χ1v) is 10.6. The molecule has 1 aliphatic carbocycles. The van der Waals surface area contributed by atoms with E-state index in [0.717, 1.165) is 12.1 Å². The number of nitro groups is 1. The second-order valence-electron chi connectivity index (χ2n) is 7.79. The van der Waals surface area contributed by atoms with Crippen molar-refractivity contribution in [1.29, 1.82) is 0 Å². The van der Waals surface area contributed by atoms with E-state index in [1.54, 1.807) is 0 Å². The minimum Gasteiger partial charge on any atom is -0.465 e. The summed E-state index contributed by atoms with van der Waals surface area (Å²) in [5, 5.41) is 11.0. The summed E-state index contributed by atoms with van der Waals surface area (Å²) in [6, 6.07) is 5.67. The maximum atomic E-state index is 14.4. The van der Waals surface area contributed by atoms with Crippen LogP contribution in [0.15, 0.2) is 30.3 Å². The van der Waals surface area contributed by atoms with Crippen molar-refractivity contribution in [3.05, 3.63) is 78.3 Å². The normalized spacial score (nSPS) is 15.0. The van der Waals surface area contributed by atoms with Gasteiger partial charge in [0.1, 0.15) is 0 Å². The summed E-state index contributed by atoms with van der Waals surface area (Å²) in [5.41, 5.74) is -2.47. The number of ketones is 1. The first kappa shape index (κ1) is 25.0. The number of alkyl halides is 3. The Morgan fingerprint density at radius 1 is 1.06 bits per heavy atom. The third kappa shape index (κ3) is 4.84. The van der Waals surface area contributed by atoms with Crippen LogP contribution < -0.4 is 0 Å². The van der Waals surface area contributed by atoms with Crippen LogP contribution in [0.25, 0.3) is 0 Å². The van der Waals surface area contributed by atoms with Crippen molar-refractivity contribution in [2.45, 2.75) is 37.3 Å². The topological polar surface area (TPSA) is 86.5 Å². The van der Waals surface area contributed by atoms with Crippen molar-refractivity contribution in [3.8, 4) is 0 Å². The highest BCUT2D eigenvalue weighted by molar-refractivity contribution is 6.34. The highest BCUT2D eigenvalue weighted by Crippen LogP contribution is 2.46. The third-order valence-corrected chi connectivity index (χ3v) is 6.25. The number of rotatable bonds is 7. The Morgan fingerprint density at radius 2 is 1.61 bits per heavy atom. The first-order valence-electron chi connectivity index (χ1n) is 9.81. The number of Topliss-reactive ketones (excluding diaryl/α,β-unsaturated/α-hetero) is 1. The quantitative estimate of drug-likeness (QED) is 0.212. The highest BCUT2D eigenvalue weighted by atomic mass is 35.5. The van der Waals surface area contributed by atoms with Crippen LogP contribution in [0.3, 0.4) is 0 Å². The second kappa shape index (κ2) is 9.30. The standard InChI is InChI=1S/C22H18Cl2F3NO5/c1-33-20(30)18-6-5-17(15-3-2-4-16(15)18)19(29)10-21(11-28(31)32,22(25,26)27)12-7-13(23)9-14(24)8-12/h5-9H,2-4,10-11H2,1H3. The molecule has 0 radical (unpaired) electrons. The Morgan fingerprint density at radius 3 is 2.12 bits per heavy atom. The lowest BCUT2D eigenvalue weighted by atomic mass is 9.74. The van der Waals surface area contributed by atoms with Gasteiger partial charge in [-0.2, -0.15) is 13.2 Å². The molecule has 33 heavy (non-hydrogen) atoms. The van der Waals surface area contributed by atoms with Crippen LogP contribution >= 0.6 is 23.2 Å². The van der Waals surface area contributed by atoms with E-state index < -0.39 is 46.8 Å². The molecule has 6 nitrogen and oxygen atoms in total. The number of esters is 1. The van der Waals surface area contributed by atoms with Crippen molar-refractivity contribution in [1.82, 2.24) is 0 Å². The zero-order valence-corrected chi connectivity index (χ0v) is 18.8. The molecule has 2 aromatic carbocycles. The molecule has 0 spiro atoms. The van der Waals surface area contributed by atoms with E-state index in [1.807, 2.05) is 0 Å². The predicted octanol–water partition coefficient (Wildman–Crippen LogP) is 5.62. The number of nitrogens with zero attached hydrogens (tertiary/aromatic N) is 1. The van der Waals surface area contributed by atoms with Crippen LogP contribution in [0.2, 0.25) is 10.0 Å². The summed E-state index contributed by atoms with van der Waals surface area (Å²) in [7, 11) is 1.20. The molecule has 0 bridgehead atoms. The van der Waals surface area contributed by atoms with Crippen LogP contribution in [0, 0.1) is 10.1 Å². The molecule has 0 saturated heterocycles. The van der Waals surface area contributed by atoms with Crippen LogP contribution in [-0.2, 0) is 23.0 Å². The summed E-state index contributed by atoms with van der Waals surface area (Å²) in [6.45, 7) is -1.58. The van der Waals surface area contributed by atoms with Gasteiger partial charge in [0, 0.05) is 27.0 Å². The van der Waals surface area contributed by atoms with Gasteiger partial charge in [0.2, 0.25) is 6.54 Å². The number of methoxy groups -OCH3 is 1. The summed E-state index contributed by atoms with van der Waals surface area (Å²) >= 11 is 11.8.